The van der Waals surface area contributed by atoms with E-state index in [0.717, 1.165) is 32.6 Å². The van der Waals surface area contributed by atoms with E-state index in [2.05, 4.69) is 19.9 Å². The average molecular weight is 389 g/mol. The minimum Gasteiger partial charge on any atom is -0.348 e. The summed E-state index contributed by atoms with van der Waals surface area (Å²) >= 11 is 0. The van der Waals surface area contributed by atoms with Crippen molar-refractivity contribution in [2.75, 3.05) is 46.8 Å². The van der Waals surface area contributed by atoms with Crippen molar-refractivity contribution in [3.8, 4) is 11.4 Å². The zero-order valence-electron chi connectivity index (χ0n) is 17.0. The third kappa shape index (κ3) is 4.74. The molecule has 0 saturated carbocycles. The third-order valence-corrected chi connectivity index (χ3v) is 5.26. The minimum atomic E-state index is -0.281. The highest BCUT2D eigenvalue weighted by molar-refractivity contribution is 5.77. The highest BCUT2D eigenvalue weighted by atomic mass is 19.1. The molecule has 0 N–H and O–H groups in total. The van der Waals surface area contributed by atoms with Crippen LogP contribution in [0.25, 0.3) is 11.4 Å². The molecule has 1 fully saturated rings. The van der Waals surface area contributed by atoms with Crippen LogP contribution in [-0.2, 0) is 4.79 Å². The SMILES string of the molecule is Cc1ccc(-c2noc(C(C)N3CCCN(CC(=O)N(C)C)CC3)n2)cc1F. The number of aromatic nitrogens is 2. The van der Waals surface area contributed by atoms with E-state index in [0.29, 0.717) is 29.4 Å². The summed E-state index contributed by atoms with van der Waals surface area (Å²) in [6.45, 7) is 7.61. The Bertz CT molecular complexity index is 823. The quantitative estimate of drug-likeness (QED) is 0.782. The van der Waals surface area contributed by atoms with E-state index in [1.165, 1.54) is 6.07 Å². The molecule has 1 aliphatic heterocycles. The van der Waals surface area contributed by atoms with Crippen LogP contribution in [-0.4, -0.2) is 77.6 Å². The van der Waals surface area contributed by atoms with Crippen LogP contribution >= 0.6 is 0 Å². The van der Waals surface area contributed by atoms with Gasteiger partial charge in [-0.25, -0.2) is 4.39 Å². The number of halogens is 1. The van der Waals surface area contributed by atoms with Crippen LogP contribution < -0.4 is 0 Å². The van der Waals surface area contributed by atoms with Crippen molar-refractivity contribution in [3.63, 3.8) is 0 Å². The monoisotopic (exact) mass is 389 g/mol. The molecule has 3 rings (SSSR count). The van der Waals surface area contributed by atoms with Gasteiger partial charge < -0.3 is 9.42 Å². The second-order valence-corrected chi connectivity index (χ2v) is 7.55. The lowest BCUT2D eigenvalue weighted by atomic mass is 10.1. The highest BCUT2D eigenvalue weighted by Gasteiger charge is 2.25. The molecule has 0 aliphatic carbocycles. The van der Waals surface area contributed by atoms with E-state index in [1.807, 2.05) is 6.92 Å². The second kappa shape index (κ2) is 8.79. The fraction of sp³-hybridized carbons (Fsp3) is 0.550. The molecular weight excluding hydrogens is 361 g/mol. The standard InChI is InChI=1S/C20H28FN5O2/c1-14-6-7-16(12-17(14)21)19-22-20(28-23-19)15(2)26-9-5-8-25(10-11-26)13-18(27)24(3)4/h6-7,12,15H,5,8-11,13H2,1-4H3. The van der Waals surface area contributed by atoms with Gasteiger partial charge in [0.15, 0.2) is 0 Å². The summed E-state index contributed by atoms with van der Waals surface area (Å²) in [4.78, 5) is 22.5. The number of benzene rings is 1. The lowest BCUT2D eigenvalue weighted by molar-refractivity contribution is -0.129. The van der Waals surface area contributed by atoms with E-state index in [-0.39, 0.29) is 17.8 Å². The molecule has 1 atom stereocenters. The third-order valence-electron chi connectivity index (χ3n) is 5.26. The van der Waals surface area contributed by atoms with Crippen LogP contribution in [0.3, 0.4) is 0 Å². The van der Waals surface area contributed by atoms with Crippen molar-refractivity contribution < 1.29 is 13.7 Å². The summed E-state index contributed by atoms with van der Waals surface area (Å²) in [5.41, 5.74) is 1.19. The Labute approximate surface area is 165 Å². The average Bonchev–Trinajstić information content (AvgIpc) is 3.04. The maximum atomic E-state index is 13.8. The first-order valence-corrected chi connectivity index (χ1v) is 9.62. The van der Waals surface area contributed by atoms with Gasteiger partial charge in [0.1, 0.15) is 5.82 Å². The number of carbonyl (C=O) groups excluding carboxylic acids is 1. The van der Waals surface area contributed by atoms with Gasteiger partial charge in [-0.1, -0.05) is 17.3 Å². The lowest BCUT2D eigenvalue weighted by Gasteiger charge is -2.25. The first-order chi connectivity index (χ1) is 13.3. The molecule has 1 aliphatic rings. The Morgan fingerprint density at radius 2 is 2.07 bits per heavy atom. The van der Waals surface area contributed by atoms with Crippen molar-refractivity contribution in [1.29, 1.82) is 0 Å². The normalized spacial score (nSPS) is 17.3. The molecule has 1 aromatic heterocycles. The topological polar surface area (TPSA) is 65.7 Å². The number of rotatable bonds is 5. The summed E-state index contributed by atoms with van der Waals surface area (Å²) in [6.07, 6.45) is 0.967. The predicted octanol–water partition coefficient (Wildman–Crippen LogP) is 2.34. The molecule has 28 heavy (non-hydrogen) atoms. The first kappa shape index (κ1) is 20.4. The van der Waals surface area contributed by atoms with Crippen LogP contribution in [0.2, 0.25) is 0 Å². The maximum absolute atomic E-state index is 13.8. The summed E-state index contributed by atoms with van der Waals surface area (Å²) < 4.78 is 19.3. The van der Waals surface area contributed by atoms with Gasteiger partial charge in [0.25, 0.3) is 0 Å². The van der Waals surface area contributed by atoms with Gasteiger partial charge in [-0.15, -0.1) is 0 Å². The van der Waals surface area contributed by atoms with Crippen molar-refractivity contribution in [3.05, 3.63) is 35.5 Å². The fourth-order valence-corrected chi connectivity index (χ4v) is 3.28. The molecule has 152 valence electrons. The molecule has 0 bridgehead atoms. The summed E-state index contributed by atoms with van der Waals surface area (Å²) in [7, 11) is 3.56. The zero-order valence-corrected chi connectivity index (χ0v) is 17.0. The van der Waals surface area contributed by atoms with E-state index in [9.17, 15) is 9.18 Å². The molecule has 1 aromatic carbocycles. The Kier molecular flexibility index (Phi) is 6.41. The van der Waals surface area contributed by atoms with E-state index >= 15 is 0 Å². The van der Waals surface area contributed by atoms with Gasteiger partial charge in [-0.3, -0.25) is 14.6 Å². The lowest BCUT2D eigenvalue weighted by Crippen LogP contribution is -2.39. The number of likely N-dealkylation sites (N-methyl/N-ethyl adjacent to an activating group) is 1. The molecule has 1 amide bonds. The molecule has 0 spiro atoms. The Hall–Kier alpha value is -2.32. The summed E-state index contributed by atoms with van der Waals surface area (Å²) in [6, 6.07) is 4.90. The summed E-state index contributed by atoms with van der Waals surface area (Å²) in [5.74, 6) is 0.757. The van der Waals surface area contributed by atoms with E-state index < -0.39 is 0 Å². The van der Waals surface area contributed by atoms with Crippen molar-refractivity contribution >= 4 is 5.91 Å². The minimum absolute atomic E-state index is 0.0407. The van der Waals surface area contributed by atoms with Gasteiger partial charge in [-0.05, 0) is 38.4 Å². The molecular formula is C20H28FN5O2. The maximum Gasteiger partial charge on any atom is 0.244 e. The van der Waals surface area contributed by atoms with E-state index in [1.54, 1.807) is 38.1 Å². The van der Waals surface area contributed by atoms with Crippen LogP contribution in [0.15, 0.2) is 22.7 Å². The summed E-state index contributed by atoms with van der Waals surface area (Å²) in [5, 5.41) is 4.03. The van der Waals surface area contributed by atoms with Crippen LogP contribution in [0.4, 0.5) is 4.39 Å². The molecule has 2 heterocycles. The van der Waals surface area contributed by atoms with Crippen LogP contribution in [0, 0.1) is 12.7 Å². The number of hydrogen-bond donors (Lipinski definition) is 0. The molecule has 8 heteroatoms. The van der Waals surface area contributed by atoms with Crippen molar-refractivity contribution in [2.24, 2.45) is 0 Å². The molecule has 0 radical (unpaired) electrons. The van der Waals surface area contributed by atoms with Crippen molar-refractivity contribution in [1.82, 2.24) is 24.8 Å². The Morgan fingerprint density at radius 3 is 2.79 bits per heavy atom. The van der Waals surface area contributed by atoms with E-state index in [4.69, 9.17) is 4.52 Å². The number of aryl methyl sites for hydroxylation is 1. The van der Waals surface area contributed by atoms with Gasteiger partial charge in [0.05, 0.1) is 12.6 Å². The Morgan fingerprint density at radius 1 is 1.29 bits per heavy atom. The number of carbonyl (C=O) groups is 1. The first-order valence-electron chi connectivity index (χ1n) is 9.62. The van der Waals surface area contributed by atoms with Crippen molar-refractivity contribution in [2.45, 2.75) is 26.3 Å². The highest BCUT2D eigenvalue weighted by Crippen LogP contribution is 2.24. The van der Waals surface area contributed by atoms with Gasteiger partial charge in [0, 0.05) is 39.3 Å². The smallest absolute Gasteiger partial charge is 0.244 e. The molecule has 1 saturated heterocycles. The predicted molar refractivity (Wildman–Crippen MR) is 104 cm³/mol. The van der Waals surface area contributed by atoms with Gasteiger partial charge in [0.2, 0.25) is 17.6 Å². The van der Waals surface area contributed by atoms with Crippen LogP contribution in [0.1, 0.15) is 30.8 Å². The number of hydrogen-bond acceptors (Lipinski definition) is 6. The molecule has 1 unspecified atom stereocenters. The second-order valence-electron chi connectivity index (χ2n) is 7.55. The molecule has 2 aromatic rings. The largest absolute Gasteiger partial charge is 0.348 e. The number of amides is 1. The van der Waals surface area contributed by atoms with Gasteiger partial charge >= 0.3 is 0 Å². The fourth-order valence-electron chi connectivity index (χ4n) is 3.28. The van der Waals surface area contributed by atoms with Crippen LogP contribution in [0.5, 0.6) is 0 Å². The Balaban J connectivity index is 1.64. The van der Waals surface area contributed by atoms with Gasteiger partial charge in [-0.2, -0.15) is 4.98 Å². The zero-order chi connectivity index (χ0) is 20.3. The molecule has 7 nitrogen and oxygen atoms in total. The number of nitrogens with zero attached hydrogens (tertiary/aromatic N) is 5.